The summed E-state index contributed by atoms with van der Waals surface area (Å²) in [4.78, 5) is 4.51. The number of amidine groups is 1. The number of thioether (sulfide) groups is 1. The van der Waals surface area contributed by atoms with Crippen molar-refractivity contribution < 1.29 is 4.74 Å². The number of aliphatic imine (C=N–C) groups is 1. The molecular weight excluding hydrogens is 220 g/mol. The van der Waals surface area contributed by atoms with E-state index in [1.165, 1.54) is 12.8 Å². The van der Waals surface area contributed by atoms with Crippen LogP contribution in [0.4, 0.5) is 0 Å². The molecular formula is C12H24N2OS. The van der Waals surface area contributed by atoms with Crippen LogP contribution in [0, 0.1) is 0 Å². The third kappa shape index (κ3) is 4.74. The highest BCUT2D eigenvalue weighted by atomic mass is 32.2. The lowest BCUT2D eigenvalue weighted by Crippen LogP contribution is -2.39. The molecule has 0 aromatic heterocycles. The fraction of sp³-hybridized carbons (Fsp3) is 0.917. The molecule has 0 radical (unpaired) electrons. The van der Waals surface area contributed by atoms with Gasteiger partial charge in [-0.25, -0.2) is 0 Å². The van der Waals surface area contributed by atoms with Crippen molar-refractivity contribution in [1.82, 2.24) is 5.32 Å². The Morgan fingerprint density at radius 1 is 1.50 bits per heavy atom. The molecule has 1 aliphatic rings. The van der Waals surface area contributed by atoms with E-state index in [2.05, 4.69) is 31.1 Å². The summed E-state index contributed by atoms with van der Waals surface area (Å²) in [7, 11) is 0. The van der Waals surface area contributed by atoms with Gasteiger partial charge in [-0.15, -0.1) is 0 Å². The Labute approximate surface area is 103 Å². The standard InChI is InChI=1S/C12H24N2OS/c1-5-7-10-8-13-11(16-10)14-9-12(3,4)15-6-2/h10H,5-9H2,1-4H3,(H,13,14). The van der Waals surface area contributed by atoms with Crippen LogP contribution in [0.3, 0.4) is 0 Å². The van der Waals surface area contributed by atoms with E-state index in [1.54, 1.807) is 0 Å². The Kier molecular flexibility index (Phi) is 5.62. The van der Waals surface area contributed by atoms with Gasteiger partial charge in [-0.2, -0.15) is 0 Å². The molecule has 1 atom stereocenters. The van der Waals surface area contributed by atoms with E-state index in [0.29, 0.717) is 5.25 Å². The summed E-state index contributed by atoms with van der Waals surface area (Å²) in [5.41, 5.74) is -0.110. The predicted molar refractivity (Wildman–Crippen MR) is 72.3 cm³/mol. The molecule has 1 unspecified atom stereocenters. The van der Waals surface area contributed by atoms with Crippen LogP contribution < -0.4 is 5.32 Å². The van der Waals surface area contributed by atoms with Gasteiger partial charge in [0.2, 0.25) is 0 Å². The summed E-state index contributed by atoms with van der Waals surface area (Å²) in [6, 6.07) is 0. The van der Waals surface area contributed by atoms with Crippen molar-refractivity contribution in [3.63, 3.8) is 0 Å². The van der Waals surface area contributed by atoms with E-state index < -0.39 is 0 Å². The molecule has 0 saturated carbocycles. The number of nitrogens with zero attached hydrogens (tertiary/aromatic N) is 1. The predicted octanol–water partition coefficient (Wildman–Crippen LogP) is 2.66. The van der Waals surface area contributed by atoms with Crippen LogP contribution in [0.15, 0.2) is 4.99 Å². The highest BCUT2D eigenvalue weighted by Gasteiger charge is 2.22. The van der Waals surface area contributed by atoms with Crippen molar-refractivity contribution in [3.8, 4) is 0 Å². The largest absolute Gasteiger partial charge is 0.374 e. The Morgan fingerprint density at radius 3 is 2.88 bits per heavy atom. The van der Waals surface area contributed by atoms with E-state index in [1.807, 2.05) is 18.7 Å². The van der Waals surface area contributed by atoms with Gasteiger partial charge in [0.25, 0.3) is 0 Å². The Balaban J connectivity index is 2.24. The zero-order valence-electron chi connectivity index (χ0n) is 10.9. The van der Waals surface area contributed by atoms with Gasteiger partial charge in [-0.3, -0.25) is 4.99 Å². The second kappa shape index (κ2) is 6.50. The second-order valence-corrected chi connectivity index (χ2v) is 6.01. The molecule has 94 valence electrons. The van der Waals surface area contributed by atoms with Crippen molar-refractivity contribution in [2.75, 3.05) is 19.7 Å². The van der Waals surface area contributed by atoms with E-state index in [0.717, 1.165) is 24.9 Å². The summed E-state index contributed by atoms with van der Waals surface area (Å²) < 4.78 is 5.64. The fourth-order valence-electron chi connectivity index (χ4n) is 1.72. The van der Waals surface area contributed by atoms with Crippen LogP contribution in [0.5, 0.6) is 0 Å². The zero-order chi connectivity index (χ0) is 12.0. The van der Waals surface area contributed by atoms with Gasteiger partial charge < -0.3 is 10.1 Å². The Morgan fingerprint density at radius 2 is 2.25 bits per heavy atom. The third-order valence-electron chi connectivity index (χ3n) is 2.53. The van der Waals surface area contributed by atoms with Crippen molar-refractivity contribution in [2.45, 2.75) is 51.4 Å². The topological polar surface area (TPSA) is 33.6 Å². The van der Waals surface area contributed by atoms with Gasteiger partial charge in [0.1, 0.15) is 0 Å². The van der Waals surface area contributed by atoms with Crippen LogP contribution in [-0.4, -0.2) is 35.7 Å². The summed E-state index contributed by atoms with van der Waals surface area (Å²) in [6.45, 7) is 11.0. The first kappa shape index (κ1) is 13.8. The monoisotopic (exact) mass is 244 g/mol. The molecule has 0 fully saturated rings. The summed E-state index contributed by atoms with van der Waals surface area (Å²) in [6.07, 6.45) is 2.50. The van der Waals surface area contributed by atoms with Gasteiger partial charge >= 0.3 is 0 Å². The van der Waals surface area contributed by atoms with E-state index in [-0.39, 0.29) is 5.60 Å². The van der Waals surface area contributed by atoms with E-state index in [4.69, 9.17) is 4.74 Å². The molecule has 0 spiro atoms. The molecule has 1 N–H and O–H groups in total. The molecule has 1 heterocycles. The maximum absolute atomic E-state index is 5.64. The second-order valence-electron chi connectivity index (χ2n) is 4.72. The first-order valence-corrected chi connectivity index (χ1v) is 7.04. The van der Waals surface area contributed by atoms with Crippen molar-refractivity contribution in [1.29, 1.82) is 0 Å². The number of nitrogens with one attached hydrogen (secondary N) is 1. The first-order chi connectivity index (χ1) is 7.57. The highest BCUT2D eigenvalue weighted by Crippen LogP contribution is 2.23. The average molecular weight is 244 g/mol. The maximum atomic E-state index is 5.64. The molecule has 16 heavy (non-hydrogen) atoms. The Bertz CT molecular complexity index is 241. The summed E-state index contributed by atoms with van der Waals surface area (Å²) >= 11 is 1.88. The van der Waals surface area contributed by atoms with Crippen LogP contribution in [0.2, 0.25) is 0 Å². The average Bonchev–Trinajstić information content (AvgIpc) is 2.64. The Hall–Kier alpha value is -0.220. The van der Waals surface area contributed by atoms with E-state index in [9.17, 15) is 0 Å². The lowest BCUT2D eigenvalue weighted by molar-refractivity contribution is -0.00556. The molecule has 0 saturated heterocycles. The quantitative estimate of drug-likeness (QED) is 0.780. The lowest BCUT2D eigenvalue weighted by Gasteiger charge is -2.25. The number of hydrogen-bond donors (Lipinski definition) is 1. The molecule has 0 bridgehead atoms. The molecule has 3 nitrogen and oxygen atoms in total. The minimum absolute atomic E-state index is 0.110. The van der Waals surface area contributed by atoms with E-state index >= 15 is 0 Å². The number of hydrogen-bond acceptors (Lipinski definition) is 4. The molecule has 0 aliphatic carbocycles. The maximum Gasteiger partial charge on any atom is 0.157 e. The summed E-state index contributed by atoms with van der Waals surface area (Å²) in [5, 5.41) is 5.16. The number of ether oxygens (including phenoxy) is 1. The highest BCUT2D eigenvalue weighted by molar-refractivity contribution is 8.14. The van der Waals surface area contributed by atoms with Crippen molar-refractivity contribution in [3.05, 3.63) is 0 Å². The minimum Gasteiger partial charge on any atom is -0.374 e. The number of rotatable bonds is 6. The van der Waals surface area contributed by atoms with Gasteiger partial charge in [0.05, 0.1) is 12.1 Å². The molecule has 0 aromatic rings. The van der Waals surface area contributed by atoms with Crippen LogP contribution in [0.25, 0.3) is 0 Å². The normalized spacial score (nSPS) is 21.0. The van der Waals surface area contributed by atoms with Crippen LogP contribution >= 0.6 is 11.8 Å². The SMILES string of the molecule is CCCC1CN=C(NCC(C)(C)OCC)S1. The van der Waals surface area contributed by atoms with Crippen LogP contribution in [0.1, 0.15) is 40.5 Å². The third-order valence-corrected chi connectivity index (χ3v) is 3.74. The van der Waals surface area contributed by atoms with Gasteiger partial charge in [0, 0.05) is 18.4 Å². The molecule has 1 rings (SSSR count). The molecule has 0 amide bonds. The summed E-state index contributed by atoms with van der Waals surface area (Å²) in [5.74, 6) is 0. The molecule has 4 heteroatoms. The van der Waals surface area contributed by atoms with Gasteiger partial charge in [-0.05, 0) is 27.2 Å². The lowest BCUT2D eigenvalue weighted by atomic mass is 10.1. The van der Waals surface area contributed by atoms with Crippen LogP contribution in [-0.2, 0) is 4.74 Å². The van der Waals surface area contributed by atoms with Gasteiger partial charge in [-0.1, -0.05) is 25.1 Å². The molecule has 1 aliphatic heterocycles. The first-order valence-electron chi connectivity index (χ1n) is 6.16. The minimum atomic E-state index is -0.110. The smallest absolute Gasteiger partial charge is 0.157 e. The fourth-order valence-corrected chi connectivity index (χ4v) is 2.84. The van der Waals surface area contributed by atoms with Crippen molar-refractivity contribution in [2.24, 2.45) is 4.99 Å². The molecule has 0 aromatic carbocycles. The zero-order valence-corrected chi connectivity index (χ0v) is 11.7. The van der Waals surface area contributed by atoms with Gasteiger partial charge in [0.15, 0.2) is 5.17 Å². The van der Waals surface area contributed by atoms with Crippen molar-refractivity contribution >= 4 is 16.9 Å².